The number of amides is 1. The van der Waals surface area contributed by atoms with Crippen molar-refractivity contribution in [2.45, 2.75) is 13.8 Å². The third-order valence-corrected chi connectivity index (χ3v) is 3.26. The van der Waals surface area contributed by atoms with Gasteiger partial charge in [0.05, 0.1) is 6.61 Å². The van der Waals surface area contributed by atoms with Crippen molar-refractivity contribution in [1.29, 1.82) is 0 Å². The molecule has 0 fully saturated rings. The van der Waals surface area contributed by atoms with E-state index in [1.807, 2.05) is 0 Å². The Kier molecular flexibility index (Phi) is 5.69. The van der Waals surface area contributed by atoms with Gasteiger partial charge < -0.3 is 10.1 Å². The lowest BCUT2D eigenvalue weighted by atomic mass is 10.2. The Morgan fingerprint density at radius 2 is 1.68 bits per heavy atom. The van der Waals surface area contributed by atoms with E-state index in [0.29, 0.717) is 33.8 Å². The van der Waals surface area contributed by atoms with E-state index in [-0.39, 0.29) is 5.91 Å². The van der Waals surface area contributed by atoms with Crippen LogP contribution in [0, 0.1) is 5.92 Å². The summed E-state index contributed by atoms with van der Waals surface area (Å²) in [5, 5.41) is 3.71. The normalized spacial score (nSPS) is 10.6. The SMILES string of the molecule is CC(C)COc1ccc(C(=O)Nc2cc(Cl)cc(Cl)c2)cc1. The first kappa shape index (κ1) is 16.7. The van der Waals surface area contributed by atoms with Crippen LogP contribution in [0.2, 0.25) is 10.0 Å². The van der Waals surface area contributed by atoms with Gasteiger partial charge in [0.25, 0.3) is 5.91 Å². The van der Waals surface area contributed by atoms with Gasteiger partial charge in [-0.1, -0.05) is 37.0 Å². The highest BCUT2D eigenvalue weighted by molar-refractivity contribution is 6.35. The fourth-order valence-corrected chi connectivity index (χ4v) is 2.32. The summed E-state index contributed by atoms with van der Waals surface area (Å²) in [7, 11) is 0. The maximum atomic E-state index is 12.2. The van der Waals surface area contributed by atoms with Crippen molar-refractivity contribution in [3.8, 4) is 5.75 Å². The number of halogens is 2. The van der Waals surface area contributed by atoms with E-state index < -0.39 is 0 Å². The van der Waals surface area contributed by atoms with Gasteiger partial charge in [0, 0.05) is 21.3 Å². The number of rotatable bonds is 5. The molecule has 2 aromatic carbocycles. The first-order valence-corrected chi connectivity index (χ1v) is 7.70. The molecule has 0 heterocycles. The summed E-state index contributed by atoms with van der Waals surface area (Å²) < 4.78 is 5.59. The molecular weight excluding hydrogens is 321 g/mol. The molecule has 5 heteroatoms. The fraction of sp³-hybridized carbons (Fsp3) is 0.235. The molecule has 1 N–H and O–H groups in total. The van der Waals surface area contributed by atoms with Gasteiger partial charge in [-0.15, -0.1) is 0 Å². The van der Waals surface area contributed by atoms with Crippen LogP contribution in [0.3, 0.4) is 0 Å². The third-order valence-electron chi connectivity index (χ3n) is 2.82. The van der Waals surface area contributed by atoms with Crippen LogP contribution in [0.15, 0.2) is 42.5 Å². The Labute approximate surface area is 140 Å². The summed E-state index contributed by atoms with van der Waals surface area (Å²) in [6.45, 7) is 4.81. The van der Waals surface area contributed by atoms with Crippen LogP contribution >= 0.6 is 23.2 Å². The Hall–Kier alpha value is -1.71. The monoisotopic (exact) mass is 337 g/mol. The molecular formula is C17H17Cl2NO2. The average Bonchev–Trinajstić information content (AvgIpc) is 2.44. The molecule has 2 rings (SSSR count). The van der Waals surface area contributed by atoms with Crippen LogP contribution in [0.1, 0.15) is 24.2 Å². The van der Waals surface area contributed by atoms with Crippen molar-refractivity contribution in [2.75, 3.05) is 11.9 Å². The topological polar surface area (TPSA) is 38.3 Å². The lowest BCUT2D eigenvalue weighted by Crippen LogP contribution is -2.12. The highest BCUT2D eigenvalue weighted by Crippen LogP contribution is 2.23. The van der Waals surface area contributed by atoms with Crippen molar-refractivity contribution in [1.82, 2.24) is 0 Å². The quantitative estimate of drug-likeness (QED) is 0.805. The Morgan fingerprint density at radius 3 is 2.23 bits per heavy atom. The van der Waals surface area contributed by atoms with Crippen molar-refractivity contribution in [3.63, 3.8) is 0 Å². The summed E-state index contributed by atoms with van der Waals surface area (Å²) in [6, 6.07) is 11.9. The Bertz CT molecular complexity index is 634. The fourth-order valence-electron chi connectivity index (χ4n) is 1.79. The standard InChI is InChI=1S/C17H17Cl2NO2/c1-11(2)10-22-16-5-3-12(4-6-16)17(21)20-15-8-13(18)7-14(19)9-15/h3-9,11H,10H2,1-2H3,(H,20,21). The summed E-state index contributed by atoms with van der Waals surface area (Å²) in [5.41, 5.74) is 1.09. The van der Waals surface area contributed by atoms with E-state index in [9.17, 15) is 4.79 Å². The number of carbonyl (C=O) groups excluding carboxylic acids is 1. The molecule has 0 aromatic heterocycles. The molecule has 0 aliphatic carbocycles. The van der Waals surface area contributed by atoms with Crippen molar-refractivity contribution >= 4 is 34.8 Å². The van der Waals surface area contributed by atoms with Crippen LogP contribution in [0.25, 0.3) is 0 Å². The van der Waals surface area contributed by atoms with Crippen molar-refractivity contribution in [3.05, 3.63) is 58.1 Å². The molecule has 0 saturated carbocycles. The van der Waals surface area contributed by atoms with Crippen LogP contribution in [-0.2, 0) is 0 Å². The van der Waals surface area contributed by atoms with Crippen LogP contribution in [-0.4, -0.2) is 12.5 Å². The van der Waals surface area contributed by atoms with E-state index in [2.05, 4.69) is 19.2 Å². The lowest BCUT2D eigenvalue weighted by molar-refractivity contribution is 0.102. The van der Waals surface area contributed by atoms with Gasteiger partial charge in [-0.2, -0.15) is 0 Å². The van der Waals surface area contributed by atoms with Crippen molar-refractivity contribution in [2.24, 2.45) is 5.92 Å². The molecule has 0 aliphatic rings. The van der Waals surface area contributed by atoms with E-state index in [4.69, 9.17) is 27.9 Å². The highest BCUT2D eigenvalue weighted by Gasteiger charge is 2.08. The van der Waals surface area contributed by atoms with E-state index in [0.717, 1.165) is 5.75 Å². The molecule has 2 aromatic rings. The average molecular weight is 338 g/mol. The summed E-state index contributed by atoms with van der Waals surface area (Å²) >= 11 is 11.8. The lowest BCUT2D eigenvalue weighted by Gasteiger charge is -2.10. The molecule has 1 amide bonds. The maximum Gasteiger partial charge on any atom is 0.255 e. The van der Waals surface area contributed by atoms with Gasteiger partial charge in [0.15, 0.2) is 0 Å². The number of anilines is 1. The number of benzene rings is 2. The number of hydrogen-bond acceptors (Lipinski definition) is 2. The minimum atomic E-state index is -0.228. The van der Waals surface area contributed by atoms with Crippen LogP contribution in [0.4, 0.5) is 5.69 Å². The number of ether oxygens (including phenoxy) is 1. The van der Waals surface area contributed by atoms with Gasteiger partial charge >= 0.3 is 0 Å². The van der Waals surface area contributed by atoms with Crippen molar-refractivity contribution < 1.29 is 9.53 Å². The van der Waals surface area contributed by atoms with E-state index in [1.165, 1.54) is 0 Å². The largest absolute Gasteiger partial charge is 0.493 e. The smallest absolute Gasteiger partial charge is 0.255 e. The highest BCUT2D eigenvalue weighted by atomic mass is 35.5. The maximum absolute atomic E-state index is 12.2. The van der Waals surface area contributed by atoms with Crippen LogP contribution < -0.4 is 10.1 Å². The van der Waals surface area contributed by atoms with Gasteiger partial charge in [-0.05, 0) is 48.4 Å². The zero-order valence-corrected chi connectivity index (χ0v) is 13.9. The number of hydrogen-bond donors (Lipinski definition) is 1. The zero-order chi connectivity index (χ0) is 16.1. The van der Waals surface area contributed by atoms with E-state index in [1.54, 1.807) is 42.5 Å². The second kappa shape index (κ2) is 7.52. The van der Waals surface area contributed by atoms with Gasteiger partial charge in [0.1, 0.15) is 5.75 Å². The molecule has 3 nitrogen and oxygen atoms in total. The van der Waals surface area contributed by atoms with Crippen LogP contribution in [0.5, 0.6) is 5.75 Å². The van der Waals surface area contributed by atoms with Gasteiger partial charge in [-0.3, -0.25) is 4.79 Å². The van der Waals surface area contributed by atoms with Gasteiger partial charge in [-0.25, -0.2) is 0 Å². The number of nitrogens with one attached hydrogen (secondary N) is 1. The molecule has 22 heavy (non-hydrogen) atoms. The molecule has 0 saturated heterocycles. The molecule has 116 valence electrons. The summed E-state index contributed by atoms with van der Waals surface area (Å²) in [6.07, 6.45) is 0. The molecule has 0 spiro atoms. The van der Waals surface area contributed by atoms with Gasteiger partial charge in [0.2, 0.25) is 0 Å². The summed E-state index contributed by atoms with van der Waals surface area (Å²) in [5.74, 6) is 0.973. The molecule has 0 aliphatic heterocycles. The minimum absolute atomic E-state index is 0.228. The predicted molar refractivity (Wildman–Crippen MR) is 91.2 cm³/mol. The Balaban J connectivity index is 2.03. The van der Waals surface area contributed by atoms with E-state index >= 15 is 0 Å². The molecule has 0 radical (unpaired) electrons. The molecule has 0 unspecified atom stereocenters. The minimum Gasteiger partial charge on any atom is -0.493 e. The molecule has 0 atom stereocenters. The first-order chi connectivity index (χ1) is 10.4. The zero-order valence-electron chi connectivity index (χ0n) is 12.4. The first-order valence-electron chi connectivity index (χ1n) is 6.94. The second-order valence-electron chi connectivity index (χ2n) is 5.34. The third kappa shape index (κ3) is 4.93. The predicted octanol–water partition coefficient (Wildman–Crippen LogP) is 5.28. The molecule has 0 bridgehead atoms. The Morgan fingerprint density at radius 1 is 1.09 bits per heavy atom. The second-order valence-corrected chi connectivity index (χ2v) is 6.21. The number of carbonyl (C=O) groups is 1. The summed E-state index contributed by atoms with van der Waals surface area (Å²) in [4.78, 5) is 12.2.